The molecule has 0 saturated carbocycles. The van der Waals surface area contributed by atoms with Crippen LogP contribution >= 0.6 is 0 Å². The molecule has 1 saturated heterocycles. The van der Waals surface area contributed by atoms with Gasteiger partial charge in [-0.15, -0.1) is 0 Å². The summed E-state index contributed by atoms with van der Waals surface area (Å²) in [4.78, 5) is 4.72. The molecule has 21 heavy (non-hydrogen) atoms. The first-order valence-corrected chi connectivity index (χ1v) is 7.68. The van der Waals surface area contributed by atoms with Gasteiger partial charge in [0.1, 0.15) is 24.3 Å². The lowest BCUT2D eigenvalue weighted by molar-refractivity contribution is 0.0694. The number of ether oxygens (including phenoxy) is 1. The number of likely N-dealkylation sites (N-methyl/N-ethyl adjacent to an activating group) is 1. The Balaban J connectivity index is 1.71. The van der Waals surface area contributed by atoms with Crippen molar-refractivity contribution >= 4 is 0 Å². The summed E-state index contributed by atoms with van der Waals surface area (Å²) in [5.74, 6) is 0.302. The van der Waals surface area contributed by atoms with Gasteiger partial charge in [0, 0.05) is 19.6 Å². The standard InChI is InChI=1S/C16H25FN2O2/c1-2-18-8-3-9-19(11-10-18)12-15(20)13-21-16-6-4-14(17)5-7-16/h4-7,15,20H,2-3,8-13H2,1H3. The third kappa shape index (κ3) is 5.61. The maximum atomic E-state index is 12.8. The lowest BCUT2D eigenvalue weighted by Gasteiger charge is -2.23. The maximum Gasteiger partial charge on any atom is 0.123 e. The molecule has 1 aromatic rings. The largest absolute Gasteiger partial charge is 0.491 e. The summed E-state index contributed by atoms with van der Waals surface area (Å²) in [6, 6.07) is 5.87. The number of aliphatic hydroxyl groups excluding tert-OH is 1. The number of β-amino-alcohol motifs (C(OH)–C–C–N with tert-alkyl or cyclic N) is 1. The Labute approximate surface area is 126 Å². The van der Waals surface area contributed by atoms with E-state index in [1.807, 2.05) is 0 Å². The van der Waals surface area contributed by atoms with Crippen LogP contribution in [0.15, 0.2) is 24.3 Å². The van der Waals surface area contributed by atoms with E-state index in [0.29, 0.717) is 12.3 Å². The molecule has 4 nitrogen and oxygen atoms in total. The average Bonchev–Trinajstić information content (AvgIpc) is 2.72. The van der Waals surface area contributed by atoms with Crippen molar-refractivity contribution in [3.05, 3.63) is 30.1 Å². The van der Waals surface area contributed by atoms with Crippen molar-refractivity contribution in [3.63, 3.8) is 0 Å². The van der Waals surface area contributed by atoms with Crippen LogP contribution in [-0.4, -0.2) is 66.9 Å². The molecule has 1 aromatic carbocycles. The van der Waals surface area contributed by atoms with E-state index in [0.717, 1.165) is 39.1 Å². The fraction of sp³-hybridized carbons (Fsp3) is 0.625. The van der Waals surface area contributed by atoms with E-state index in [1.165, 1.54) is 12.1 Å². The minimum absolute atomic E-state index is 0.236. The van der Waals surface area contributed by atoms with Crippen molar-refractivity contribution in [2.45, 2.75) is 19.4 Å². The molecule has 0 spiro atoms. The van der Waals surface area contributed by atoms with Crippen molar-refractivity contribution in [1.82, 2.24) is 9.80 Å². The number of nitrogens with zero attached hydrogens (tertiary/aromatic N) is 2. The topological polar surface area (TPSA) is 35.9 Å². The minimum atomic E-state index is -0.525. The highest BCUT2D eigenvalue weighted by atomic mass is 19.1. The Morgan fingerprint density at radius 1 is 1.14 bits per heavy atom. The first kappa shape index (κ1) is 16.2. The zero-order chi connectivity index (χ0) is 15.1. The third-order valence-corrected chi connectivity index (χ3v) is 3.85. The average molecular weight is 296 g/mol. The second kappa shape index (κ2) is 8.32. The first-order valence-electron chi connectivity index (χ1n) is 7.68. The zero-order valence-corrected chi connectivity index (χ0v) is 12.7. The lowest BCUT2D eigenvalue weighted by Crippen LogP contribution is -2.38. The summed E-state index contributed by atoms with van der Waals surface area (Å²) >= 11 is 0. The summed E-state index contributed by atoms with van der Waals surface area (Å²) in [5.41, 5.74) is 0. The van der Waals surface area contributed by atoms with Crippen LogP contribution in [0.2, 0.25) is 0 Å². The van der Waals surface area contributed by atoms with Crippen LogP contribution < -0.4 is 4.74 Å². The van der Waals surface area contributed by atoms with Crippen molar-refractivity contribution < 1.29 is 14.2 Å². The maximum absolute atomic E-state index is 12.8. The van der Waals surface area contributed by atoms with Gasteiger partial charge in [0.15, 0.2) is 0 Å². The second-order valence-corrected chi connectivity index (χ2v) is 5.51. The van der Waals surface area contributed by atoms with Gasteiger partial charge in [0.2, 0.25) is 0 Å². The molecule has 1 atom stereocenters. The van der Waals surface area contributed by atoms with Gasteiger partial charge in [0.05, 0.1) is 0 Å². The van der Waals surface area contributed by atoms with Crippen LogP contribution in [0.3, 0.4) is 0 Å². The molecule has 0 radical (unpaired) electrons. The molecule has 2 rings (SSSR count). The van der Waals surface area contributed by atoms with Gasteiger partial charge in [-0.05, 0) is 50.3 Å². The Bertz CT molecular complexity index is 413. The number of hydrogen-bond acceptors (Lipinski definition) is 4. The summed E-state index contributed by atoms with van der Waals surface area (Å²) in [6.07, 6.45) is 0.613. The summed E-state index contributed by atoms with van der Waals surface area (Å²) in [5, 5.41) is 10.1. The van der Waals surface area contributed by atoms with Gasteiger partial charge in [-0.3, -0.25) is 4.90 Å². The zero-order valence-electron chi connectivity index (χ0n) is 12.7. The van der Waals surface area contributed by atoms with E-state index >= 15 is 0 Å². The van der Waals surface area contributed by atoms with E-state index in [1.54, 1.807) is 12.1 Å². The molecular weight excluding hydrogens is 271 g/mol. The number of aliphatic hydroxyl groups is 1. The molecule has 1 heterocycles. The fourth-order valence-electron chi connectivity index (χ4n) is 2.60. The van der Waals surface area contributed by atoms with Crippen LogP contribution in [0.4, 0.5) is 4.39 Å². The first-order chi connectivity index (χ1) is 10.2. The molecule has 1 fully saturated rings. The van der Waals surface area contributed by atoms with Crippen molar-refractivity contribution in [1.29, 1.82) is 0 Å². The number of rotatable bonds is 6. The van der Waals surface area contributed by atoms with Gasteiger partial charge >= 0.3 is 0 Å². The molecule has 0 bridgehead atoms. The molecule has 0 aliphatic carbocycles. The highest BCUT2D eigenvalue weighted by molar-refractivity contribution is 5.22. The monoisotopic (exact) mass is 296 g/mol. The number of hydrogen-bond donors (Lipinski definition) is 1. The third-order valence-electron chi connectivity index (χ3n) is 3.85. The quantitative estimate of drug-likeness (QED) is 0.865. The Morgan fingerprint density at radius 3 is 2.52 bits per heavy atom. The molecule has 1 aliphatic heterocycles. The fourth-order valence-corrected chi connectivity index (χ4v) is 2.60. The van der Waals surface area contributed by atoms with Crippen LogP contribution in [0.25, 0.3) is 0 Å². The van der Waals surface area contributed by atoms with Gasteiger partial charge in [-0.2, -0.15) is 0 Å². The van der Waals surface area contributed by atoms with E-state index in [2.05, 4.69) is 16.7 Å². The van der Waals surface area contributed by atoms with Gasteiger partial charge in [-0.1, -0.05) is 6.92 Å². The Morgan fingerprint density at radius 2 is 1.81 bits per heavy atom. The van der Waals surface area contributed by atoms with Crippen LogP contribution in [0, 0.1) is 5.82 Å². The van der Waals surface area contributed by atoms with E-state index in [4.69, 9.17) is 4.74 Å². The van der Waals surface area contributed by atoms with Crippen molar-refractivity contribution in [2.75, 3.05) is 45.9 Å². The Kier molecular flexibility index (Phi) is 6.42. The van der Waals surface area contributed by atoms with Gasteiger partial charge in [-0.25, -0.2) is 4.39 Å². The molecule has 1 unspecified atom stereocenters. The molecule has 1 aliphatic rings. The van der Waals surface area contributed by atoms with Gasteiger partial charge < -0.3 is 14.7 Å². The highest BCUT2D eigenvalue weighted by Crippen LogP contribution is 2.11. The predicted molar refractivity (Wildman–Crippen MR) is 81.1 cm³/mol. The normalized spacial score (nSPS) is 19.2. The molecular formula is C16H25FN2O2. The number of halogens is 1. The van der Waals surface area contributed by atoms with Crippen LogP contribution in [0.1, 0.15) is 13.3 Å². The summed E-state index contributed by atoms with van der Waals surface area (Å²) < 4.78 is 18.3. The van der Waals surface area contributed by atoms with E-state index in [-0.39, 0.29) is 12.4 Å². The molecule has 5 heteroatoms. The molecule has 118 valence electrons. The van der Waals surface area contributed by atoms with Crippen LogP contribution in [-0.2, 0) is 0 Å². The van der Waals surface area contributed by atoms with E-state index < -0.39 is 6.10 Å². The number of benzene rings is 1. The van der Waals surface area contributed by atoms with Crippen molar-refractivity contribution in [3.8, 4) is 5.75 Å². The summed E-state index contributed by atoms with van der Waals surface area (Å²) in [6.45, 7) is 8.33. The SMILES string of the molecule is CCN1CCCN(CC(O)COc2ccc(F)cc2)CC1. The smallest absolute Gasteiger partial charge is 0.123 e. The lowest BCUT2D eigenvalue weighted by atomic mass is 10.3. The molecule has 1 N–H and O–H groups in total. The second-order valence-electron chi connectivity index (χ2n) is 5.51. The predicted octanol–water partition coefficient (Wildman–Crippen LogP) is 1.59. The molecule has 0 aromatic heterocycles. The van der Waals surface area contributed by atoms with E-state index in [9.17, 15) is 9.50 Å². The van der Waals surface area contributed by atoms with Gasteiger partial charge in [0.25, 0.3) is 0 Å². The Hall–Kier alpha value is -1.17. The highest BCUT2D eigenvalue weighted by Gasteiger charge is 2.16. The van der Waals surface area contributed by atoms with Crippen LogP contribution in [0.5, 0.6) is 5.75 Å². The molecule has 0 amide bonds. The van der Waals surface area contributed by atoms with Crippen molar-refractivity contribution in [2.24, 2.45) is 0 Å². The summed E-state index contributed by atoms with van der Waals surface area (Å²) in [7, 11) is 0. The minimum Gasteiger partial charge on any atom is -0.491 e.